The largest absolute Gasteiger partial charge is 0.508 e. The van der Waals surface area contributed by atoms with Gasteiger partial charge in [0.05, 0.1) is 18.3 Å². The third kappa shape index (κ3) is 7.07. The predicted octanol–water partition coefficient (Wildman–Crippen LogP) is 5.75. The molecule has 1 heterocycles. The summed E-state index contributed by atoms with van der Waals surface area (Å²) in [6.45, 7) is 11.1. The highest BCUT2D eigenvalue weighted by atomic mass is 16.3. The Bertz CT molecular complexity index is 1000. The summed E-state index contributed by atoms with van der Waals surface area (Å²) in [6.07, 6.45) is 12.5. The molecule has 6 heteroatoms. The number of amidine groups is 1. The fourth-order valence-corrected chi connectivity index (χ4v) is 4.83. The minimum atomic E-state index is 0.0350. The Morgan fingerprint density at radius 3 is 2.60 bits per heavy atom. The molecule has 0 saturated carbocycles. The molecule has 0 fully saturated rings. The monoisotopic (exact) mass is 478 g/mol. The number of hydrogen-bond acceptors (Lipinski definition) is 3. The molecule has 2 aliphatic rings. The van der Waals surface area contributed by atoms with Crippen LogP contribution in [0.5, 0.6) is 5.75 Å². The Hall–Kier alpha value is -2.86. The van der Waals surface area contributed by atoms with Crippen LogP contribution >= 0.6 is 0 Å². The Kier molecular flexibility index (Phi) is 10.2. The van der Waals surface area contributed by atoms with Crippen molar-refractivity contribution in [1.29, 1.82) is 0 Å². The number of rotatable bonds is 8. The van der Waals surface area contributed by atoms with Gasteiger partial charge in [-0.3, -0.25) is 0 Å². The molecule has 6 nitrogen and oxygen atoms in total. The van der Waals surface area contributed by atoms with Crippen LogP contribution < -0.4 is 0 Å². The normalized spacial score (nSPS) is 19.3. The van der Waals surface area contributed by atoms with Gasteiger partial charge in [-0.1, -0.05) is 56.7 Å². The zero-order chi connectivity index (χ0) is 25.2. The molecule has 0 bridgehead atoms. The number of phenolic OH excluding ortho intramolecular Hbond substituents is 1. The number of allylic oxidation sites excluding steroid dienone is 2. The molecule has 1 aromatic rings. The number of benzene rings is 1. The summed E-state index contributed by atoms with van der Waals surface area (Å²) >= 11 is 0. The quantitative estimate of drug-likeness (QED) is 0.368. The van der Waals surface area contributed by atoms with E-state index in [1.807, 2.05) is 19.1 Å². The van der Waals surface area contributed by atoms with Gasteiger partial charge in [-0.25, -0.2) is 9.98 Å². The molecule has 35 heavy (non-hydrogen) atoms. The molecule has 0 amide bonds. The Labute approximate surface area is 211 Å². The molecule has 1 aromatic carbocycles. The summed E-state index contributed by atoms with van der Waals surface area (Å²) in [5.74, 6) is 1.78. The second kappa shape index (κ2) is 13.3. The highest BCUT2D eigenvalue weighted by Gasteiger charge is 2.28. The van der Waals surface area contributed by atoms with Crippen LogP contribution in [0.25, 0.3) is 5.70 Å². The maximum absolute atomic E-state index is 10.2. The highest BCUT2D eigenvalue weighted by molar-refractivity contribution is 5.97. The first-order valence-electron chi connectivity index (χ1n) is 13.1. The number of phenols is 1. The van der Waals surface area contributed by atoms with E-state index < -0.39 is 0 Å². The summed E-state index contributed by atoms with van der Waals surface area (Å²) in [6, 6.07) is 7.27. The van der Waals surface area contributed by atoms with Gasteiger partial charge in [0.25, 0.3) is 0 Å². The van der Waals surface area contributed by atoms with Gasteiger partial charge >= 0.3 is 0 Å². The summed E-state index contributed by atoms with van der Waals surface area (Å²) in [5, 5.41) is 20.2. The van der Waals surface area contributed by atoms with Crippen molar-refractivity contribution >= 4 is 17.5 Å². The van der Waals surface area contributed by atoms with E-state index in [0.29, 0.717) is 5.96 Å². The Balaban J connectivity index is 2.03. The zero-order valence-corrected chi connectivity index (χ0v) is 21.9. The van der Waals surface area contributed by atoms with Crippen LogP contribution in [-0.2, 0) is 0 Å². The molecular formula is C29H42N4O2. The molecule has 0 saturated heterocycles. The fraction of sp³-hybridized carbons (Fsp3) is 0.517. The van der Waals surface area contributed by atoms with Crippen molar-refractivity contribution in [1.82, 2.24) is 9.80 Å². The number of guanidine groups is 1. The topological polar surface area (TPSA) is 71.7 Å². The fourth-order valence-electron chi connectivity index (χ4n) is 4.83. The lowest BCUT2D eigenvalue weighted by Gasteiger charge is -2.39. The lowest BCUT2D eigenvalue weighted by molar-refractivity contribution is 0.176. The Morgan fingerprint density at radius 2 is 1.94 bits per heavy atom. The lowest BCUT2D eigenvalue weighted by atomic mass is 9.88. The van der Waals surface area contributed by atoms with Crippen molar-refractivity contribution in [2.24, 2.45) is 9.98 Å². The van der Waals surface area contributed by atoms with Crippen molar-refractivity contribution in [2.75, 3.05) is 26.2 Å². The van der Waals surface area contributed by atoms with Crippen LogP contribution in [0.15, 0.2) is 63.6 Å². The average Bonchev–Trinajstić information content (AvgIpc) is 2.86. The number of nitrogens with zero attached hydrogens (tertiary/aromatic N) is 4. The van der Waals surface area contributed by atoms with Crippen molar-refractivity contribution < 1.29 is 10.2 Å². The third-order valence-electron chi connectivity index (χ3n) is 6.57. The molecule has 0 unspecified atom stereocenters. The van der Waals surface area contributed by atoms with E-state index in [4.69, 9.17) is 9.98 Å². The van der Waals surface area contributed by atoms with E-state index in [1.165, 1.54) is 11.1 Å². The third-order valence-corrected chi connectivity index (χ3v) is 6.57. The molecule has 0 aromatic heterocycles. The van der Waals surface area contributed by atoms with Crippen molar-refractivity contribution in [3.63, 3.8) is 0 Å². The molecule has 3 rings (SSSR count). The van der Waals surface area contributed by atoms with E-state index in [9.17, 15) is 10.2 Å². The van der Waals surface area contributed by atoms with Crippen LogP contribution in [0, 0.1) is 0 Å². The van der Waals surface area contributed by atoms with Crippen LogP contribution in [0.4, 0.5) is 0 Å². The molecule has 1 atom stereocenters. The van der Waals surface area contributed by atoms with Gasteiger partial charge < -0.3 is 20.0 Å². The summed E-state index contributed by atoms with van der Waals surface area (Å²) in [4.78, 5) is 14.7. The first-order valence-corrected chi connectivity index (χ1v) is 13.1. The van der Waals surface area contributed by atoms with Crippen molar-refractivity contribution in [2.45, 2.75) is 72.3 Å². The van der Waals surface area contributed by atoms with E-state index in [0.717, 1.165) is 75.3 Å². The predicted molar refractivity (Wildman–Crippen MR) is 147 cm³/mol. The highest BCUT2D eigenvalue weighted by Crippen LogP contribution is 2.31. The Morgan fingerprint density at radius 1 is 1.17 bits per heavy atom. The average molecular weight is 479 g/mol. The van der Waals surface area contributed by atoms with Crippen LogP contribution in [-0.4, -0.2) is 64.1 Å². The standard InChI is InChI=1S/C29H42N4O2/c1-5-11-28(24-14-10-15-27(35)19-24)31-29(32(16-6-2)17-7-3)30-22(4)33-20-25-13-9-8-12-23(25)18-26(33)21-34/h9-11,13-15,19,26,34-35H,5-8,12,16-18,20-21H2,1-4H3/b28-11+,30-22+,31-29+/t26-/m1/s1. The van der Waals surface area contributed by atoms with Gasteiger partial charge in [0.2, 0.25) is 5.96 Å². The van der Waals surface area contributed by atoms with E-state index in [1.54, 1.807) is 12.1 Å². The van der Waals surface area contributed by atoms with E-state index in [-0.39, 0.29) is 18.4 Å². The molecule has 2 N–H and O–H groups in total. The van der Waals surface area contributed by atoms with Gasteiger partial charge in [-0.15, -0.1) is 0 Å². The molecule has 0 radical (unpaired) electrons. The van der Waals surface area contributed by atoms with Gasteiger partial charge in [-0.05, 0) is 63.2 Å². The summed E-state index contributed by atoms with van der Waals surface area (Å²) in [7, 11) is 0. The summed E-state index contributed by atoms with van der Waals surface area (Å²) < 4.78 is 0. The second-order valence-corrected chi connectivity index (χ2v) is 9.34. The SMILES string of the molecule is CC/C=C(/N=C(\N=C(/C)N1CC2=C(CCC=C2)C[C@@H]1CO)N(CCC)CCC)c1cccc(O)c1. The number of aromatic hydroxyl groups is 1. The molecule has 1 aliphatic carbocycles. The molecule has 0 spiro atoms. The van der Waals surface area contributed by atoms with Crippen LogP contribution in [0.2, 0.25) is 0 Å². The van der Waals surface area contributed by atoms with Crippen molar-refractivity contribution in [3.05, 3.63) is 59.2 Å². The van der Waals surface area contributed by atoms with Crippen molar-refractivity contribution in [3.8, 4) is 5.75 Å². The van der Waals surface area contributed by atoms with Gasteiger partial charge in [0.1, 0.15) is 11.6 Å². The molecule has 190 valence electrons. The lowest BCUT2D eigenvalue weighted by Crippen LogP contribution is -2.46. The van der Waals surface area contributed by atoms with Crippen LogP contribution in [0.3, 0.4) is 0 Å². The smallest absolute Gasteiger partial charge is 0.227 e. The summed E-state index contributed by atoms with van der Waals surface area (Å²) in [5.41, 5.74) is 4.52. The van der Waals surface area contributed by atoms with Gasteiger partial charge in [-0.2, -0.15) is 0 Å². The minimum Gasteiger partial charge on any atom is -0.508 e. The number of aliphatic imine (C=N–C) groups is 2. The maximum atomic E-state index is 10.2. The first-order chi connectivity index (χ1) is 17.0. The zero-order valence-electron chi connectivity index (χ0n) is 21.9. The number of aliphatic hydroxyl groups excluding tert-OH is 1. The van der Waals surface area contributed by atoms with E-state index >= 15 is 0 Å². The minimum absolute atomic E-state index is 0.0350. The van der Waals surface area contributed by atoms with Gasteiger partial charge in [0, 0.05) is 25.2 Å². The van der Waals surface area contributed by atoms with Crippen LogP contribution in [0.1, 0.15) is 71.8 Å². The second-order valence-electron chi connectivity index (χ2n) is 9.34. The maximum Gasteiger partial charge on any atom is 0.227 e. The number of hydrogen-bond donors (Lipinski definition) is 2. The first kappa shape index (κ1) is 26.7. The van der Waals surface area contributed by atoms with E-state index in [2.05, 4.69) is 48.8 Å². The van der Waals surface area contributed by atoms with Gasteiger partial charge in [0.15, 0.2) is 0 Å². The molecular weight excluding hydrogens is 436 g/mol. The number of aliphatic hydroxyl groups is 1. The molecule has 1 aliphatic heterocycles.